The first-order valence-electron chi connectivity index (χ1n) is 6.22. The molecular weight excluding hydrogens is 242 g/mol. The van der Waals surface area contributed by atoms with Crippen LogP contribution >= 0.6 is 12.2 Å². The van der Waals surface area contributed by atoms with Gasteiger partial charge in [-0.05, 0) is 43.1 Å². The summed E-state index contributed by atoms with van der Waals surface area (Å²) in [5.41, 5.74) is 3.69. The molecule has 0 amide bonds. The summed E-state index contributed by atoms with van der Waals surface area (Å²) in [6.07, 6.45) is 0. The van der Waals surface area contributed by atoms with Crippen LogP contribution in [0.2, 0.25) is 0 Å². The maximum atomic E-state index is 5.31. The Labute approximate surface area is 113 Å². The monoisotopic (exact) mass is 261 g/mol. The number of nitrogens with zero attached hydrogens (tertiary/aromatic N) is 2. The zero-order valence-electron chi connectivity index (χ0n) is 11.3. The van der Waals surface area contributed by atoms with Crippen LogP contribution in [0, 0.1) is 24.5 Å². The maximum absolute atomic E-state index is 5.31. The molecule has 0 fully saturated rings. The summed E-state index contributed by atoms with van der Waals surface area (Å²) in [7, 11) is 0. The molecule has 1 N–H and O–H groups in total. The minimum atomic E-state index is 0.540. The van der Waals surface area contributed by atoms with Crippen molar-refractivity contribution >= 4 is 12.2 Å². The van der Waals surface area contributed by atoms with Crippen LogP contribution in [0.5, 0.6) is 0 Å². The molecule has 0 spiro atoms. The van der Waals surface area contributed by atoms with Crippen molar-refractivity contribution in [3.63, 3.8) is 0 Å². The molecule has 0 saturated heterocycles. The Hall–Kier alpha value is -1.42. The van der Waals surface area contributed by atoms with Gasteiger partial charge in [-0.25, -0.2) is 0 Å². The Bertz CT molecular complexity index is 608. The van der Waals surface area contributed by atoms with Crippen molar-refractivity contribution in [1.82, 2.24) is 14.8 Å². The van der Waals surface area contributed by atoms with E-state index >= 15 is 0 Å². The molecule has 4 heteroatoms. The number of H-pyrrole nitrogens is 1. The first-order chi connectivity index (χ1) is 8.50. The second-order valence-electron chi connectivity index (χ2n) is 5.10. The lowest BCUT2D eigenvalue weighted by atomic mass is 10.0. The molecule has 2 rings (SSSR count). The van der Waals surface area contributed by atoms with Crippen LogP contribution in [-0.2, 0) is 6.54 Å². The van der Waals surface area contributed by atoms with Crippen molar-refractivity contribution in [2.75, 3.05) is 0 Å². The Morgan fingerprint density at radius 2 is 2.06 bits per heavy atom. The van der Waals surface area contributed by atoms with Crippen LogP contribution in [0.3, 0.4) is 0 Å². The highest BCUT2D eigenvalue weighted by molar-refractivity contribution is 7.71. The highest BCUT2D eigenvalue weighted by Gasteiger charge is 2.12. The van der Waals surface area contributed by atoms with Crippen LogP contribution in [0.4, 0.5) is 0 Å². The largest absolute Gasteiger partial charge is 0.300 e. The molecule has 0 saturated carbocycles. The molecule has 96 valence electrons. The van der Waals surface area contributed by atoms with Crippen LogP contribution in [0.25, 0.3) is 11.4 Å². The number of hydrogen-bond donors (Lipinski definition) is 1. The van der Waals surface area contributed by atoms with Gasteiger partial charge >= 0.3 is 0 Å². The first kappa shape index (κ1) is 13.0. The zero-order valence-corrected chi connectivity index (χ0v) is 12.1. The number of rotatable bonds is 3. The lowest BCUT2D eigenvalue weighted by Crippen LogP contribution is -2.07. The van der Waals surface area contributed by atoms with E-state index in [2.05, 4.69) is 60.7 Å². The Morgan fingerprint density at radius 3 is 2.72 bits per heavy atom. The first-order valence-corrected chi connectivity index (χ1v) is 6.63. The van der Waals surface area contributed by atoms with Gasteiger partial charge in [0.2, 0.25) is 0 Å². The normalized spacial score (nSPS) is 11.2. The summed E-state index contributed by atoms with van der Waals surface area (Å²) in [6.45, 7) is 9.50. The second kappa shape index (κ2) is 5.06. The SMILES string of the molecule is Cc1cccc(-c2n[nH]c(=S)n2CC(C)C)c1C. The van der Waals surface area contributed by atoms with E-state index in [1.807, 2.05) is 0 Å². The van der Waals surface area contributed by atoms with Crippen LogP contribution < -0.4 is 0 Å². The molecule has 1 heterocycles. The van der Waals surface area contributed by atoms with Gasteiger partial charge in [0.15, 0.2) is 10.6 Å². The van der Waals surface area contributed by atoms with Gasteiger partial charge in [-0.3, -0.25) is 9.67 Å². The molecule has 18 heavy (non-hydrogen) atoms. The molecule has 0 unspecified atom stereocenters. The molecule has 0 aliphatic carbocycles. The topological polar surface area (TPSA) is 33.6 Å². The molecular formula is C14H19N3S. The number of benzene rings is 1. The molecule has 0 atom stereocenters. The van der Waals surface area contributed by atoms with Crippen LogP contribution in [-0.4, -0.2) is 14.8 Å². The third-order valence-electron chi connectivity index (χ3n) is 3.15. The number of nitrogens with one attached hydrogen (secondary N) is 1. The fourth-order valence-electron chi connectivity index (χ4n) is 2.05. The summed E-state index contributed by atoms with van der Waals surface area (Å²) in [6, 6.07) is 6.28. The molecule has 1 aromatic carbocycles. The molecule has 0 aliphatic heterocycles. The van der Waals surface area contributed by atoms with Crippen molar-refractivity contribution in [3.8, 4) is 11.4 Å². The second-order valence-corrected chi connectivity index (χ2v) is 5.49. The van der Waals surface area contributed by atoms with E-state index in [4.69, 9.17) is 12.2 Å². The quantitative estimate of drug-likeness (QED) is 0.851. The van der Waals surface area contributed by atoms with E-state index in [9.17, 15) is 0 Å². The molecule has 0 bridgehead atoms. The van der Waals surface area contributed by atoms with Gasteiger partial charge in [-0.15, -0.1) is 0 Å². The highest BCUT2D eigenvalue weighted by Crippen LogP contribution is 2.24. The average molecular weight is 261 g/mol. The molecule has 0 aliphatic rings. The summed E-state index contributed by atoms with van der Waals surface area (Å²) >= 11 is 5.31. The van der Waals surface area contributed by atoms with Gasteiger partial charge in [0, 0.05) is 12.1 Å². The van der Waals surface area contributed by atoms with Crippen LogP contribution in [0.15, 0.2) is 18.2 Å². The molecule has 3 nitrogen and oxygen atoms in total. The summed E-state index contributed by atoms with van der Waals surface area (Å²) in [5.74, 6) is 1.48. The number of aryl methyl sites for hydroxylation is 1. The van der Waals surface area contributed by atoms with Crippen molar-refractivity contribution in [2.24, 2.45) is 5.92 Å². The molecule has 2 aromatic rings. The standard InChI is InChI=1S/C14H19N3S/c1-9(2)8-17-13(15-16-14(17)18)12-7-5-6-10(3)11(12)4/h5-7,9H,8H2,1-4H3,(H,16,18). The average Bonchev–Trinajstić information content (AvgIpc) is 2.64. The van der Waals surface area contributed by atoms with Gasteiger partial charge in [-0.1, -0.05) is 32.0 Å². The minimum absolute atomic E-state index is 0.540. The van der Waals surface area contributed by atoms with E-state index in [0.717, 1.165) is 17.9 Å². The Kier molecular flexibility index (Phi) is 3.66. The summed E-state index contributed by atoms with van der Waals surface area (Å²) < 4.78 is 2.78. The molecule has 0 radical (unpaired) electrons. The fourth-order valence-corrected chi connectivity index (χ4v) is 2.26. The fraction of sp³-hybridized carbons (Fsp3) is 0.429. The highest BCUT2D eigenvalue weighted by atomic mass is 32.1. The van der Waals surface area contributed by atoms with Crippen LogP contribution in [0.1, 0.15) is 25.0 Å². The summed E-state index contributed by atoms with van der Waals surface area (Å²) in [5, 5.41) is 7.29. The zero-order chi connectivity index (χ0) is 13.3. The smallest absolute Gasteiger partial charge is 0.195 e. The minimum Gasteiger partial charge on any atom is -0.300 e. The van der Waals surface area contributed by atoms with Gasteiger partial charge in [0.05, 0.1) is 0 Å². The van der Waals surface area contributed by atoms with Crippen molar-refractivity contribution < 1.29 is 0 Å². The third kappa shape index (κ3) is 2.38. The van der Waals surface area contributed by atoms with Crippen molar-refractivity contribution in [3.05, 3.63) is 34.1 Å². The predicted molar refractivity (Wildman–Crippen MR) is 77.2 cm³/mol. The maximum Gasteiger partial charge on any atom is 0.195 e. The molecule has 1 aromatic heterocycles. The Morgan fingerprint density at radius 1 is 1.33 bits per heavy atom. The van der Waals surface area contributed by atoms with Gasteiger partial charge in [0.1, 0.15) is 0 Å². The predicted octanol–water partition coefficient (Wildman–Crippen LogP) is 3.88. The van der Waals surface area contributed by atoms with E-state index in [-0.39, 0.29) is 0 Å². The van der Waals surface area contributed by atoms with Gasteiger partial charge in [0.25, 0.3) is 0 Å². The van der Waals surface area contributed by atoms with Crippen molar-refractivity contribution in [1.29, 1.82) is 0 Å². The summed E-state index contributed by atoms with van der Waals surface area (Å²) in [4.78, 5) is 0. The third-order valence-corrected chi connectivity index (χ3v) is 3.46. The van der Waals surface area contributed by atoms with Gasteiger partial charge < -0.3 is 0 Å². The van der Waals surface area contributed by atoms with E-state index in [1.54, 1.807) is 0 Å². The number of aromatic nitrogens is 3. The van der Waals surface area contributed by atoms with E-state index in [1.165, 1.54) is 11.1 Å². The van der Waals surface area contributed by atoms with Crippen molar-refractivity contribution in [2.45, 2.75) is 34.2 Å². The lowest BCUT2D eigenvalue weighted by Gasteiger charge is -2.12. The lowest BCUT2D eigenvalue weighted by molar-refractivity contribution is 0.521. The van der Waals surface area contributed by atoms with E-state index < -0.39 is 0 Å². The van der Waals surface area contributed by atoms with E-state index in [0.29, 0.717) is 10.7 Å². The number of hydrogen-bond acceptors (Lipinski definition) is 2. The van der Waals surface area contributed by atoms with Gasteiger partial charge in [-0.2, -0.15) is 5.10 Å². The number of aromatic amines is 1. The Balaban J connectivity index is 2.58.